The summed E-state index contributed by atoms with van der Waals surface area (Å²) in [7, 11) is 0. The van der Waals surface area contributed by atoms with Crippen molar-refractivity contribution in [2.75, 3.05) is 5.32 Å². The van der Waals surface area contributed by atoms with Crippen LogP contribution in [0.4, 0.5) is 5.69 Å². The summed E-state index contributed by atoms with van der Waals surface area (Å²) in [6.45, 7) is 8.29. The minimum absolute atomic E-state index is 0.533. The second-order valence-electron chi connectivity index (χ2n) is 6.55. The molecular formula is C22H21N3S. The smallest absolute Gasteiger partial charge is 0.136 e. The molecule has 3 aromatic rings. The van der Waals surface area contributed by atoms with Crippen LogP contribution in [0.1, 0.15) is 27.3 Å². The molecule has 1 aromatic heterocycles. The van der Waals surface area contributed by atoms with Crippen molar-refractivity contribution >= 4 is 22.6 Å². The fourth-order valence-corrected chi connectivity index (χ4v) is 3.76. The molecule has 3 nitrogen and oxygen atoms in total. The molecule has 1 N–H and O–H groups in total. The van der Waals surface area contributed by atoms with Crippen molar-refractivity contribution in [2.45, 2.75) is 27.7 Å². The van der Waals surface area contributed by atoms with Crippen molar-refractivity contribution in [3.05, 3.63) is 75.2 Å². The highest BCUT2D eigenvalue weighted by molar-refractivity contribution is 7.11. The van der Waals surface area contributed by atoms with E-state index in [0.29, 0.717) is 5.57 Å². The predicted octanol–water partition coefficient (Wildman–Crippen LogP) is 6.02. The van der Waals surface area contributed by atoms with Crippen LogP contribution in [0.2, 0.25) is 0 Å². The van der Waals surface area contributed by atoms with Gasteiger partial charge in [0.15, 0.2) is 0 Å². The Bertz CT molecular complexity index is 1000. The van der Waals surface area contributed by atoms with Gasteiger partial charge in [0.05, 0.1) is 5.69 Å². The number of hydrogen-bond acceptors (Lipinski definition) is 4. The monoisotopic (exact) mass is 359 g/mol. The number of aromatic nitrogens is 1. The first kappa shape index (κ1) is 17.9. The molecule has 0 bridgehead atoms. The van der Waals surface area contributed by atoms with Gasteiger partial charge in [0.25, 0.3) is 0 Å². The van der Waals surface area contributed by atoms with Crippen LogP contribution < -0.4 is 5.32 Å². The summed E-state index contributed by atoms with van der Waals surface area (Å²) < 4.78 is 0. The van der Waals surface area contributed by atoms with Gasteiger partial charge in [-0.15, -0.1) is 11.3 Å². The molecule has 0 aliphatic heterocycles. The van der Waals surface area contributed by atoms with Crippen molar-refractivity contribution in [3.8, 4) is 17.3 Å². The molecule has 0 aliphatic carbocycles. The van der Waals surface area contributed by atoms with Gasteiger partial charge in [-0.2, -0.15) is 5.26 Å². The summed E-state index contributed by atoms with van der Waals surface area (Å²) in [4.78, 5) is 4.68. The molecule has 0 saturated heterocycles. The number of nitrogens with zero attached hydrogens (tertiary/aromatic N) is 2. The normalized spacial score (nSPS) is 11.3. The molecule has 0 saturated carbocycles. The second kappa shape index (κ2) is 7.55. The third-order valence-electron chi connectivity index (χ3n) is 4.12. The highest BCUT2D eigenvalue weighted by Gasteiger charge is 2.10. The van der Waals surface area contributed by atoms with E-state index in [1.54, 1.807) is 6.20 Å². The molecule has 3 rings (SSSR count). The van der Waals surface area contributed by atoms with Crippen LogP contribution in [0, 0.1) is 39.0 Å². The lowest BCUT2D eigenvalue weighted by Crippen LogP contribution is -1.92. The quantitative estimate of drug-likeness (QED) is 0.579. The lowest BCUT2D eigenvalue weighted by molar-refractivity contribution is 1.32. The van der Waals surface area contributed by atoms with Crippen LogP contribution in [0.5, 0.6) is 0 Å². The number of nitriles is 1. The molecule has 26 heavy (non-hydrogen) atoms. The van der Waals surface area contributed by atoms with Crippen molar-refractivity contribution in [2.24, 2.45) is 0 Å². The Labute approximate surface area is 158 Å². The predicted molar refractivity (Wildman–Crippen MR) is 110 cm³/mol. The van der Waals surface area contributed by atoms with Gasteiger partial charge < -0.3 is 5.32 Å². The number of allylic oxidation sites excluding steroid dienone is 1. The molecular weight excluding hydrogens is 338 g/mol. The van der Waals surface area contributed by atoms with E-state index in [1.807, 2.05) is 5.38 Å². The van der Waals surface area contributed by atoms with Crippen molar-refractivity contribution in [3.63, 3.8) is 0 Å². The zero-order chi connectivity index (χ0) is 18.7. The van der Waals surface area contributed by atoms with Crippen LogP contribution in [-0.4, -0.2) is 4.98 Å². The topological polar surface area (TPSA) is 48.7 Å². The number of anilines is 1. The van der Waals surface area contributed by atoms with Gasteiger partial charge in [0.1, 0.15) is 16.6 Å². The highest BCUT2D eigenvalue weighted by atomic mass is 32.1. The number of aryl methyl sites for hydroxylation is 4. The number of thiazole rings is 1. The Kier molecular flexibility index (Phi) is 5.20. The Morgan fingerprint density at radius 2 is 1.77 bits per heavy atom. The van der Waals surface area contributed by atoms with Crippen LogP contribution in [-0.2, 0) is 0 Å². The number of benzene rings is 2. The zero-order valence-corrected chi connectivity index (χ0v) is 16.2. The first-order valence-electron chi connectivity index (χ1n) is 8.45. The maximum absolute atomic E-state index is 9.55. The first-order chi connectivity index (χ1) is 12.5. The van der Waals surface area contributed by atoms with Gasteiger partial charge in [-0.3, -0.25) is 0 Å². The maximum atomic E-state index is 9.55. The van der Waals surface area contributed by atoms with E-state index in [1.165, 1.54) is 33.6 Å². The Hall–Kier alpha value is -2.90. The number of hydrogen-bond donors (Lipinski definition) is 1. The SMILES string of the molecule is Cc1cc(C)cc(N/C=C(\C#N)c2nc(-c3ccc(C)cc3C)cs2)c1. The molecule has 0 amide bonds. The van der Waals surface area contributed by atoms with Crippen LogP contribution in [0.25, 0.3) is 16.8 Å². The standard InChI is InChI=1S/C22H21N3S/c1-14-5-6-20(17(4)8-14)21-13-26-22(25-21)18(11-23)12-24-19-9-15(2)7-16(3)10-19/h5-10,12-13,24H,1-4H3/b18-12+. The summed E-state index contributed by atoms with van der Waals surface area (Å²) in [6, 6.07) is 14.8. The van der Waals surface area contributed by atoms with Crippen LogP contribution in [0.15, 0.2) is 48.0 Å². The van der Waals surface area contributed by atoms with E-state index < -0.39 is 0 Å². The Morgan fingerprint density at radius 3 is 2.42 bits per heavy atom. The average molecular weight is 359 g/mol. The molecule has 0 fully saturated rings. The third-order valence-corrected chi connectivity index (χ3v) is 4.99. The molecule has 0 aliphatic rings. The first-order valence-corrected chi connectivity index (χ1v) is 9.33. The minimum Gasteiger partial charge on any atom is -0.360 e. The van der Waals surface area contributed by atoms with Crippen LogP contribution in [0.3, 0.4) is 0 Å². The number of rotatable bonds is 4. The van der Waals surface area contributed by atoms with E-state index in [4.69, 9.17) is 0 Å². The van der Waals surface area contributed by atoms with Gasteiger partial charge in [-0.25, -0.2) is 4.98 Å². The fraction of sp³-hybridized carbons (Fsp3) is 0.182. The highest BCUT2D eigenvalue weighted by Crippen LogP contribution is 2.28. The fourth-order valence-electron chi connectivity index (χ4n) is 2.98. The Morgan fingerprint density at radius 1 is 1.04 bits per heavy atom. The van der Waals surface area contributed by atoms with Gasteiger partial charge in [-0.05, 0) is 56.5 Å². The average Bonchev–Trinajstić information content (AvgIpc) is 3.04. The van der Waals surface area contributed by atoms with Crippen molar-refractivity contribution in [1.29, 1.82) is 5.26 Å². The summed E-state index contributed by atoms with van der Waals surface area (Å²) in [6.07, 6.45) is 1.73. The summed E-state index contributed by atoms with van der Waals surface area (Å²) >= 11 is 1.49. The zero-order valence-electron chi connectivity index (χ0n) is 15.4. The van der Waals surface area contributed by atoms with Crippen molar-refractivity contribution in [1.82, 2.24) is 4.98 Å². The molecule has 4 heteroatoms. The maximum Gasteiger partial charge on any atom is 0.136 e. The molecule has 2 aromatic carbocycles. The Balaban J connectivity index is 1.87. The summed E-state index contributed by atoms with van der Waals surface area (Å²) in [5, 5.41) is 15.5. The van der Waals surface area contributed by atoms with Crippen molar-refractivity contribution < 1.29 is 0 Å². The molecule has 0 unspecified atom stereocenters. The van der Waals surface area contributed by atoms with E-state index in [2.05, 4.69) is 80.5 Å². The molecule has 130 valence electrons. The van der Waals surface area contributed by atoms with Crippen LogP contribution >= 0.6 is 11.3 Å². The largest absolute Gasteiger partial charge is 0.360 e. The second-order valence-corrected chi connectivity index (χ2v) is 7.40. The lowest BCUT2D eigenvalue weighted by atomic mass is 10.0. The molecule has 1 heterocycles. The van der Waals surface area contributed by atoms with E-state index in [9.17, 15) is 5.26 Å². The number of nitrogens with one attached hydrogen (secondary N) is 1. The molecule has 0 spiro atoms. The minimum atomic E-state index is 0.533. The van der Waals surface area contributed by atoms with E-state index in [-0.39, 0.29) is 0 Å². The molecule has 0 atom stereocenters. The van der Waals surface area contributed by atoms with E-state index in [0.717, 1.165) is 22.0 Å². The third kappa shape index (κ3) is 4.01. The van der Waals surface area contributed by atoms with E-state index >= 15 is 0 Å². The summed E-state index contributed by atoms with van der Waals surface area (Å²) in [5.41, 5.74) is 8.32. The van der Waals surface area contributed by atoms with Gasteiger partial charge in [-0.1, -0.05) is 29.8 Å². The summed E-state index contributed by atoms with van der Waals surface area (Å²) in [5.74, 6) is 0. The van der Waals surface area contributed by atoms with Gasteiger partial charge >= 0.3 is 0 Å². The molecule has 0 radical (unpaired) electrons. The lowest BCUT2D eigenvalue weighted by Gasteiger charge is -2.05. The van der Waals surface area contributed by atoms with Gasteiger partial charge in [0.2, 0.25) is 0 Å². The van der Waals surface area contributed by atoms with Gasteiger partial charge in [0, 0.05) is 22.8 Å².